The first-order chi connectivity index (χ1) is 19.9. The molecule has 208 valence electrons. The van der Waals surface area contributed by atoms with Crippen molar-refractivity contribution in [1.29, 1.82) is 0 Å². The molecule has 0 saturated heterocycles. The van der Waals surface area contributed by atoms with Crippen molar-refractivity contribution in [3.05, 3.63) is 118 Å². The van der Waals surface area contributed by atoms with Crippen molar-refractivity contribution in [2.75, 3.05) is 0 Å². The predicted octanol–water partition coefficient (Wildman–Crippen LogP) is 5.93. The van der Waals surface area contributed by atoms with E-state index in [4.69, 9.17) is 14.2 Å². The van der Waals surface area contributed by atoms with Crippen LogP contribution >= 0.6 is 0 Å². The zero-order chi connectivity index (χ0) is 28.8. The molecule has 0 saturated carbocycles. The van der Waals surface area contributed by atoms with Crippen molar-refractivity contribution >= 4 is 5.97 Å². The van der Waals surface area contributed by atoms with E-state index >= 15 is 0 Å². The van der Waals surface area contributed by atoms with Gasteiger partial charge in [0, 0.05) is 23.1 Å². The van der Waals surface area contributed by atoms with E-state index in [0.29, 0.717) is 23.6 Å². The first-order valence-electron chi connectivity index (χ1n) is 13.5. The third kappa shape index (κ3) is 6.41. The van der Waals surface area contributed by atoms with E-state index in [1.165, 1.54) is 0 Å². The van der Waals surface area contributed by atoms with E-state index in [-0.39, 0.29) is 5.88 Å². The lowest BCUT2D eigenvalue weighted by atomic mass is 9.96. The largest absolute Gasteiger partial charge is 0.478 e. The lowest BCUT2D eigenvalue weighted by molar-refractivity contribution is -0.145. The SMILES string of the molecule is CCCCc1nc(C)nc(OC(C(=O)O)c2ccccc2)c1Cc1ccc(-c2ccccc2-c2noc(=O)[nH]2)cc1. The van der Waals surface area contributed by atoms with Gasteiger partial charge in [0.05, 0.1) is 5.69 Å². The van der Waals surface area contributed by atoms with E-state index in [1.807, 2.05) is 54.6 Å². The number of carboxylic acid groups (broad SMARTS) is 1. The maximum Gasteiger partial charge on any atom is 0.439 e. The predicted molar refractivity (Wildman–Crippen MR) is 154 cm³/mol. The minimum absolute atomic E-state index is 0.282. The van der Waals surface area contributed by atoms with E-state index in [1.54, 1.807) is 31.2 Å². The fraction of sp³-hybridized carbons (Fsp3) is 0.219. The lowest BCUT2D eigenvalue weighted by Crippen LogP contribution is -2.20. The summed E-state index contributed by atoms with van der Waals surface area (Å²) in [4.78, 5) is 35.6. The lowest BCUT2D eigenvalue weighted by Gasteiger charge is -2.19. The van der Waals surface area contributed by atoms with Crippen LogP contribution < -0.4 is 10.5 Å². The molecule has 0 amide bonds. The molecule has 0 bridgehead atoms. The van der Waals surface area contributed by atoms with Gasteiger partial charge in [-0.2, -0.15) is 4.98 Å². The van der Waals surface area contributed by atoms with Crippen LogP contribution in [0, 0.1) is 6.92 Å². The molecule has 9 nitrogen and oxygen atoms in total. The molecule has 2 aromatic heterocycles. The van der Waals surface area contributed by atoms with Crippen LogP contribution in [0.25, 0.3) is 22.5 Å². The van der Waals surface area contributed by atoms with E-state index in [9.17, 15) is 14.7 Å². The number of unbranched alkanes of at least 4 members (excludes halogenated alkanes) is 1. The van der Waals surface area contributed by atoms with Crippen molar-refractivity contribution in [1.82, 2.24) is 20.1 Å². The monoisotopic (exact) mass is 550 g/mol. The van der Waals surface area contributed by atoms with Gasteiger partial charge in [-0.15, -0.1) is 0 Å². The molecule has 2 N–H and O–H groups in total. The smallest absolute Gasteiger partial charge is 0.439 e. The van der Waals surface area contributed by atoms with E-state index < -0.39 is 17.8 Å². The van der Waals surface area contributed by atoms with Gasteiger partial charge >= 0.3 is 11.7 Å². The van der Waals surface area contributed by atoms with Gasteiger partial charge in [-0.3, -0.25) is 9.51 Å². The van der Waals surface area contributed by atoms with Crippen LogP contribution in [0.5, 0.6) is 5.88 Å². The number of aliphatic carboxylic acids is 1. The molecular formula is C32H30N4O5. The zero-order valence-electron chi connectivity index (χ0n) is 22.8. The first kappa shape index (κ1) is 27.5. The standard InChI is InChI=1S/C32H30N4O5/c1-3-4-14-27-26(30(34-20(2)33-27)40-28(31(37)38)23-10-6-5-7-11-23)19-21-15-17-22(18-16-21)24-12-8-9-13-25(24)29-35-32(39)41-36-29/h5-13,15-18,28H,3-4,14,19H2,1-2H3,(H,37,38)(H,35,36,39). The number of carboxylic acids is 1. The van der Waals surface area contributed by atoms with Crippen molar-refractivity contribution < 1.29 is 19.2 Å². The number of nitrogens with one attached hydrogen (secondary N) is 1. The van der Waals surface area contributed by atoms with Gasteiger partial charge < -0.3 is 9.84 Å². The van der Waals surface area contributed by atoms with Gasteiger partial charge in [0.2, 0.25) is 12.0 Å². The topological polar surface area (TPSA) is 131 Å². The number of aromatic amines is 1. The fourth-order valence-corrected chi connectivity index (χ4v) is 4.75. The normalized spacial score (nSPS) is 11.8. The van der Waals surface area contributed by atoms with Crippen molar-refractivity contribution in [2.45, 2.75) is 45.6 Å². The molecule has 0 spiro atoms. The highest BCUT2D eigenvalue weighted by Crippen LogP contribution is 2.32. The van der Waals surface area contributed by atoms with Crippen LogP contribution in [0.15, 0.2) is 88.2 Å². The Hall–Kier alpha value is -5.05. The van der Waals surface area contributed by atoms with Crippen LogP contribution in [-0.2, 0) is 17.6 Å². The quantitative estimate of drug-likeness (QED) is 0.207. The van der Waals surface area contributed by atoms with Crippen molar-refractivity contribution in [3.8, 4) is 28.4 Å². The summed E-state index contributed by atoms with van der Waals surface area (Å²) in [5.41, 5.74) is 5.73. The number of ether oxygens (including phenoxy) is 1. The Bertz CT molecular complexity index is 1690. The van der Waals surface area contributed by atoms with Gasteiger partial charge in [0.15, 0.2) is 5.82 Å². The number of carbonyl (C=O) groups is 1. The molecule has 0 aliphatic rings. The molecule has 0 fully saturated rings. The summed E-state index contributed by atoms with van der Waals surface area (Å²) in [6, 6.07) is 24.5. The maximum absolute atomic E-state index is 12.2. The van der Waals surface area contributed by atoms with Gasteiger partial charge in [0.1, 0.15) is 5.82 Å². The number of benzene rings is 3. The summed E-state index contributed by atoms with van der Waals surface area (Å²) in [5.74, 6) is -0.529. The highest BCUT2D eigenvalue weighted by atomic mass is 16.5. The van der Waals surface area contributed by atoms with Crippen LogP contribution in [0.4, 0.5) is 0 Å². The Kier molecular flexibility index (Phi) is 8.34. The second-order valence-corrected chi connectivity index (χ2v) is 9.71. The number of nitrogens with zero attached hydrogens (tertiary/aromatic N) is 3. The zero-order valence-corrected chi connectivity index (χ0v) is 22.8. The number of H-pyrrole nitrogens is 1. The van der Waals surface area contributed by atoms with E-state index in [0.717, 1.165) is 52.8 Å². The Morgan fingerprint density at radius 1 is 0.976 bits per heavy atom. The molecule has 2 heterocycles. The van der Waals surface area contributed by atoms with Crippen LogP contribution in [0.3, 0.4) is 0 Å². The minimum atomic E-state index is -1.20. The maximum atomic E-state index is 12.2. The Balaban J connectivity index is 1.49. The van der Waals surface area contributed by atoms with Gasteiger partial charge in [-0.1, -0.05) is 97.4 Å². The molecule has 41 heavy (non-hydrogen) atoms. The molecule has 0 radical (unpaired) electrons. The summed E-state index contributed by atoms with van der Waals surface area (Å²) < 4.78 is 10.8. The molecule has 1 atom stereocenters. The average molecular weight is 551 g/mol. The second kappa shape index (κ2) is 12.4. The summed E-state index contributed by atoms with van der Waals surface area (Å²) in [6.45, 7) is 3.91. The first-order valence-corrected chi connectivity index (χ1v) is 13.5. The van der Waals surface area contributed by atoms with Crippen molar-refractivity contribution in [2.24, 2.45) is 0 Å². The van der Waals surface area contributed by atoms with Crippen LogP contribution in [0.1, 0.15) is 54.1 Å². The minimum Gasteiger partial charge on any atom is -0.478 e. The highest BCUT2D eigenvalue weighted by molar-refractivity contribution is 5.80. The van der Waals surface area contributed by atoms with Crippen molar-refractivity contribution in [3.63, 3.8) is 0 Å². The van der Waals surface area contributed by atoms with Crippen LogP contribution in [-0.4, -0.2) is 31.2 Å². The molecule has 3 aromatic carbocycles. The average Bonchev–Trinajstić information content (AvgIpc) is 3.42. The highest BCUT2D eigenvalue weighted by Gasteiger charge is 2.25. The molecule has 5 aromatic rings. The third-order valence-corrected chi connectivity index (χ3v) is 6.76. The number of rotatable bonds is 11. The summed E-state index contributed by atoms with van der Waals surface area (Å²) in [5, 5.41) is 13.8. The summed E-state index contributed by atoms with van der Waals surface area (Å²) in [6.07, 6.45) is 1.92. The Morgan fingerprint density at radius 2 is 1.68 bits per heavy atom. The molecule has 1 unspecified atom stereocenters. The van der Waals surface area contributed by atoms with Gasteiger partial charge in [-0.25, -0.2) is 14.6 Å². The molecule has 5 rings (SSSR count). The Labute approximate surface area is 236 Å². The third-order valence-electron chi connectivity index (χ3n) is 6.76. The number of hydrogen-bond donors (Lipinski definition) is 2. The van der Waals surface area contributed by atoms with E-state index in [2.05, 4.69) is 22.0 Å². The molecule has 0 aliphatic carbocycles. The fourth-order valence-electron chi connectivity index (χ4n) is 4.75. The molecule has 9 heteroatoms. The number of aryl methyl sites for hydroxylation is 2. The number of aromatic nitrogens is 4. The summed E-state index contributed by atoms with van der Waals surface area (Å²) >= 11 is 0. The Morgan fingerprint density at radius 3 is 2.34 bits per heavy atom. The van der Waals surface area contributed by atoms with Crippen LogP contribution in [0.2, 0.25) is 0 Å². The molecular weight excluding hydrogens is 520 g/mol. The van der Waals surface area contributed by atoms with Gasteiger partial charge in [0.25, 0.3) is 0 Å². The second-order valence-electron chi connectivity index (χ2n) is 9.71. The molecule has 0 aliphatic heterocycles. The summed E-state index contributed by atoms with van der Waals surface area (Å²) in [7, 11) is 0. The number of hydrogen-bond acceptors (Lipinski definition) is 7. The van der Waals surface area contributed by atoms with Gasteiger partial charge in [-0.05, 0) is 36.5 Å².